The summed E-state index contributed by atoms with van der Waals surface area (Å²) in [5.41, 5.74) is 8.95. The van der Waals surface area contributed by atoms with E-state index >= 15 is 0 Å². The minimum atomic E-state index is 0.503. The third kappa shape index (κ3) is 1.42. The molecule has 0 saturated heterocycles. The number of fused-ring (bicyclic) bond motifs is 1. The predicted octanol–water partition coefficient (Wildman–Crippen LogP) is 1.36. The second kappa shape index (κ2) is 3.18. The van der Waals surface area contributed by atoms with E-state index < -0.39 is 0 Å². The number of nitrogens with two attached hydrogens (primary N) is 1. The van der Waals surface area contributed by atoms with Gasteiger partial charge in [-0.3, -0.25) is 0 Å². The van der Waals surface area contributed by atoms with E-state index in [0.717, 1.165) is 12.1 Å². The highest BCUT2D eigenvalue weighted by Crippen LogP contribution is 2.10. The topological polar surface area (TPSA) is 43.3 Å². The average Bonchev–Trinajstić information content (AvgIpc) is 2.58. The summed E-state index contributed by atoms with van der Waals surface area (Å²) in [6, 6.07) is 4.19. The highest BCUT2D eigenvalue weighted by Gasteiger charge is 1.98. The predicted molar refractivity (Wildman–Crippen MR) is 52.5 cm³/mol. The second-order valence-corrected chi connectivity index (χ2v) is 3.12. The number of hydrogen-bond donors (Lipinski definition) is 1. The first-order chi connectivity index (χ1) is 6.33. The Labute approximate surface area is 77.2 Å². The van der Waals surface area contributed by atoms with Crippen molar-refractivity contribution in [1.29, 1.82) is 0 Å². The van der Waals surface area contributed by atoms with Gasteiger partial charge in [-0.25, -0.2) is 4.98 Å². The van der Waals surface area contributed by atoms with Gasteiger partial charge >= 0.3 is 0 Å². The monoisotopic (exact) mass is 175 g/mol. The van der Waals surface area contributed by atoms with Crippen LogP contribution in [0.2, 0.25) is 0 Å². The van der Waals surface area contributed by atoms with Gasteiger partial charge in [-0.15, -0.1) is 0 Å². The fourth-order valence-electron chi connectivity index (χ4n) is 1.42. The average molecular weight is 175 g/mol. The van der Waals surface area contributed by atoms with Crippen LogP contribution in [0.4, 0.5) is 0 Å². The minimum Gasteiger partial charge on any atom is -0.325 e. The summed E-state index contributed by atoms with van der Waals surface area (Å²) < 4.78 is 2.03. The maximum atomic E-state index is 5.51. The zero-order valence-electron chi connectivity index (χ0n) is 7.70. The minimum absolute atomic E-state index is 0.503. The van der Waals surface area contributed by atoms with Crippen molar-refractivity contribution >= 4 is 5.52 Å². The third-order valence-electron chi connectivity index (χ3n) is 2.22. The summed E-state index contributed by atoms with van der Waals surface area (Å²) in [5.74, 6) is 0. The molecule has 68 valence electrons. The molecule has 0 bridgehead atoms. The Hall–Kier alpha value is -1.35. The second-order valence-electron chi connectivity index (χ2n) is 3.12. The molecule has 3 nitrogen and oxygen atoms in total. The van der Waals surface area contributed by atoms with E-state index in [0.29, 0.717) is 6.54 Å². The maximum absolute atomic E-state index is 5.51. The van der Waals surface area contributed by atoms with Crippen molar-refractivity contribution in [2.24, 2.45) is 5.73 Å². The molecule has 2 heterocycles. The SMILES string of the molecule is CCc1cc2cc(CN)ncn2c1. The van der Waals surface area contributed by atoms with Gasteiger partial charge < -0.3 is 10.1 Å². The standard InChI is InChI=1S/C10H13N3/c1-2-8-3-10-4-9(5-11)12-7-13(10)6-8/h3-4,6-7H,2,5,11H2,1H3. The molecule has 2 aromatic heterocycles. The molecule has 2 N–H and O–H groups in total. The lowest BCUT2D eigenvalue weighted by Gasteiger charge is -1.96. The zero-order chi connectivity index (χ0) is 9.26. The van der Waals surface area contributed by atoms with Gasteiger partial charge in [0.05, 0.1) is 12.0 Å². The fraction of sp³-hybridized carbons (Fsp3) is 0.300. The van der Waals surface area contributed by atoms with Crippen LogP contribution in [0.3, 0.4) is 0 Å². The molecule has 0 amide bonds. The van der Waals surface area contributed by atoms with Crippen molar-refractivity contribution in [3.8, 4) is 0 Å². The summed E-state index contributed by atoms with van der Waals surface area (Å²) in [6.07, 6.45) is 4.97. The normalized spacial score (nSPS) is 10.9. The number of aryl methyl sites for hydroxylation is 1. The maximum Gasteiger partial charge on any atom is 0.0994 e. The number of aromatic nitrogens is 2. The molecule has 13 heavy (non-hydrogen) atoms. The lowest BCUT2D eigenvalue weighted by molar-refractivity contribution is 0.951. The first-order valence-electron chi connectivity index (χ1n) is 4.49. The Morgan fingerprint density at radius 2 is 2.31 bits per heavy atom. The van der Waals surface area contributed by atoms with E-state index in [1.54, 1.807) is 0 Å². The van der Waals surface area contributed by atoms with Gasteiger partial charge in [-0.2, -0.15) is 0 Å². The van der Waals surface area contributed by atoms with Gasteiger partial charge in [0.15, 0.2) is 0 Å². The zero-order valence-corrected chi connectivity index (χ0v) is 7.70. The molecule has 3 heteroatoms. The van der Waals surface area contributed by atoms with E-state index in [-0.39, 0.29) is 0 Å². The highest BCUT2D eigenvalue weighted by molar-refractivity contribution is 5.50. The van der Waals surface area contributed by atoms with Gasteiger partial charge in [0.1, 0.15) is 0 Å². The molecule has 0 aliphatic rings. The van der Waals surface area contributed by atoms with Gasteiger partial charge in [0.2, 0.25) is 0 Å². The van der Waals surface area contributed by atoms with E-state index in [9.17, 15) is 0 Å². The Balaban J connectivity index is 2.57. The molecule has 0 saturated carbocycles. The molecule has 2 aromatic rings. The molecule has 0 spiro atoms. The van der Waals surface area contributed by atoms with Crippen molar-refractivity contribution < 1.29 is 0 Å². The lowest BCUT2D eigenvalue weighted by atomic mass is 10.2. The number of rotatable bonds is 2. The summed E-state index contributed by atoms with van der Waals surface area (Å²) in [5, 5.41) is 0. The molecular weight excluding hydrogens is 162 g/mol. The van der Waals surface area contributed by atoms with Crippen LogP contribution in [-0.4, -0.2) is 9.38 Å². The molecular formula is C10H13N3. The van der Waals surface area contributed by atoms with Gasteiger partial charge in [0, 0.05) is 18.3 Å². The molecule has 0 radical (unpaired) electrons. The smallest absolute Gasteiger partial charge is 0.0994 e. The highest BCUT2D eigenvalue weighted by atomic mass is 14.9. The molecule has 0 aromatic carbocycles. The third-order valence-corrected chi connectivity index (χ3v) is 2.22. The Morgan fingerprint density at radius 3 is 3.00 bits per heavy atom. The van der Waals surface area contributed by atoms with Crippen molar-refractivity contribution in [2.75, 3.05) is 0 Å². The van der Waals surface area contributed by atoms with Gasteiger partial charge in [0.25, 0.3) is 0 Å². The van der Waals surface area contributed by atoms with Crippen molar-refractivity contribution in [3.05, 3.63) is 35.9 Å². The first-order valence-corrected chi connectivity index (χ1v) is 4.49. The number of hydrogen-bond acceptors (Lipinski definition) is 2. The number of nitrogens with zero attached hydrogens (tertiary/aromatic N) is 2. The van der Waals surface area contributed by atoms with E-state index in [1.165, 1.54) is 11.1 Å². The summed E-state index contributed by atoms with van der Waals surface area (Å²) in [6.45, 7) is 2.65. The van der Waals surface area contributed by atoms with E-state index in [4.69, 9.17) is 5.73 Å². The largest absolute Gasteiger partial charge is 0.325 e. The summed E-state index contributed by atoms with van der Waals surface area (Å²) >= 11 is 0. The molecule has 0 aliphatic carbocycles. The molecule has 2 rings (SSSR count). The van der Waals surface area contributed by atoms with Crippen molar-refractivity contribution in [1.82, 2.24) is 9.38 Å². The van der Waals surface area contributed by atoms with Gasteiger partial charge in [-0.1, -0.05) is 6.92 Å². The van der Waals surface area contributed by atoms with Crippen LogP contribution in [0.1, 0.15) is 18.2 Å². The summed E-state index contributed by atoms with van der Waals surface area (Å²) in [7, 11) is 0. The van der Waals surface area contributed by atoms with E-state index in [2.05, 4.69) is 24.2 Å². The van der Waals surface area contributed by atoms with Gasteiger partial charge in [-0.05, 0) is 24.1 Å². The van der Waals surface area contributed by atoms with Crippen LogP contribution in [0.5, 0.6) is 0 Å². The Bertz CT molecular complexity index is 415. The molecule has 0 atom stereocenters. The summed E-state index contributed by atoms with van der Waals surface area (Å²) in [4.78, 5) is 4.21. The molecule has 0 unspecified atom stereocenters. The van der Waals surface area contributed by atoms with E-state index in [1.807, 2.05) is 16.8 Å². The lowest BCUT2D eigenvalue weighted by Crippen LogP contribution is -2.00. The van der Waals surface area contributed by atoms with Crippen LogP contribution in [-0.2, 0) is 13.0 Å². The Kier molecular flexibility index (Phi) is 2.02. The first kappa shape index (κ1) is 8.26. The molecule has 0 fully saturated rings. The van der Waals surface area contributed by atoms with Crippen LogP contribution < -0.4 is 5.73 Å². The Morgan fingerprint density at radius 1 is 1.46 bits per heavy atom. The molecule has 0 aliphatic heterocycles. The van der Waals surface area contributed by atoms with Crippen LogP contribution in [0.15, 0.2) is 24.7 Å². The fourth-order valence-corrected chi connectivity index (χ4v) is 1.42. The van der Waals surface area contributed by atoms with Crippen molar-refractivity contribution in [2.45, 2.75) is 19.9 Å². The quantitative estimate of drug-likeness (QED) is 0.748. The van der Waals surface area contributed by atoms with Crippen LogP contribution in [0, 0.1) is 0 Å². The van der Waals surface area contributed by atoms with Crippen LogP contribution >= 0.6 is 0 Å². The van der Waals surface area contributed by atoms with Crippen molar-refractivity contribution in [3.63, 3.8) is 0 Å². The van der Waals surface area contributed by atoms with Crippen LogP contribution in [0.25, 0.3) is 5.52 Å².